The lowest BCUT2D eigenvalue weighted by molar-refractivity contribution is 0.0596. The Kier molecular flexibility index (Phi) is 6.68. The minimum Gasteiger partial charge on any atom is -0.496 e. The Morgan fingerprint density at radius 3 is 1.53 bits per heavy atom. The van der Waals surface area contributed by atoms with Crippen molar-refractivity contribution in [3.63, 3.8) is 0 Å². The maximum absolute atomic E-state index is 12.8. The van der Waals surface area contributed by atoms with Gasteiger partial charge in [0.15, 0.2) is 0 Å². The Morgan fingerprint density at radius 1 is 0.656 bits per heavy atom. The second-order valence-electron chi connectivity index (χ2n) is 7.46. The largest absolute Gasteiger partial charge is 0.496 e. The molecule has 0 radical (unpaired) electrons. The quantitative estimate of drug-likeness (QED) is 0.300. The third-order valence-electron chi connectivity index (χ3n) is 5.72. The topological polar surface area (TPSA) is 35.5 Å². The van der Waals surface area contributed by atoms with E-state index in [2.05, 4.69) is 72.8 Å². The van der Waals surface area contributed by atoms with E-state index in [9.17, 15) is 4.79 Å². The molecule has 0 atom stereocenters. The number of ether oxygens (including phenoxy) is 2. The summed E-state index contributed by atoms with van der Waals surface area (Å²) < 4.78 is 10.7. The van der Waals surface area contributed by atoms with Crippen molar-refractivity contribution in [3.05, 3.63) is 120 Å². The molecule has 32 heavy (non-hydrogen) atoms. The van der Waals surface area contributed by atoms with Crippen LogP contribution in [0, 0.1) is 0 Å². The third kappa shape index (κ3) is 4.04. The standard InChI is InChI=1S/C28H26O3P/c1-30-26-20-12-13-22(27(26)28(29)31-2)21-32(23-14-6-3-7-15-23,24-16-8-4-9-17-24)25-18-10-5-11-19-25/h3-20H,21H2,1-2H3/q+1. The maximum Gasteiger partial charge on any atom is 0.342 e. The summed E-state index contributed by atoms with van der Waals surface area (Å²) >= 11 is 0. The van der Waals surface area contributed by atoms with Gasteiger partial charge in [-0.1, -0.05) is 66.7 Å². The molecule has 4 aromatic carbocycles. The number of methoxy groups -OCH3 is 2. The van der Waals surface area contributed by atoms with Crippen LogP contribution in [0.3, 0.4) is 0 Å². The Bertz CT molecular complexity index is 1080. The molecule has 0 aliphatic rings. The van der Waals surface area contributed by atoms with Gasteiger partial charge in [0.25, 0.3) is 0 Å². The highest BCUT2D eigenvalue weighted by Crippen LogP contribution is 2.58. The van der Waals surface area contributed by atoms with Crippen LogP contribution in [-0.2, 0) is 10.9 Å². The number of carbonyl (C=O) groups excluding carboxylic acids is 1. The van der Waals surface area contributed by atoms with Crippen molar-refractivity contribution in [2.45, 2.75) is 6.16 Å². The van der Waals surface area contributed by atoms with Crippen molar-refractivity contribution in [1.82, 2.24) is 0 Å². The van der Waals surface area contributed by atoms with Gasteiger partial charge in [0, 0.05) is 5.56 Å². The summed E-state index contributed by atoms with van der Waals surface area (Å²) in [6.45, 7) is 0. The molecule has 0 spiro atoms. The Hall–Kier alpha value is -3.42. The van der Waals surface area contributed by atoms with E-state index in [1.807, 2.05) is 36.4 Å². The van der Waals surface area contributed by atoms with E-state index in [-0.39, 0.29) is 5.97 Å². The summed E-state index contributed by atoms with van der Waals surface area (Å²) in [6, 6.07) is 37.6. The number of esters is 1. The molecule has 0 saturated carbocycles. The lowest BCUT2D eigenvalue weighted by Crippen LogP contribution is -2.33. The summed E-state index contributed by atoms with van der Waals surface area (Å²) in [4.78, 5) is 12.8. The molecule has 0 unspecified atom stereocenters. The molecule has 4 rings (SSSR count). The van der Waals surface area contributed by atoms with Crippen LogP contribution in [0.25, 0.3) is 0 Å². The van der Waals surface area contributed by atoms with Crippen molar-refractivity contribution < 1.29 is 14.3 Å². The van der Waals surface area contributed by atoms with Gasteiger partial charge in [-0.2, -0.15) is 0 Å². The Balaban J connectivity index is 2.03. The second-order valence-corrected chi connectivity index (χ2v) is 10.9. The van der Waals surface area contributed by atoms with Crippen LogP contribution >= 0.6 is 7.26 Å². The van der Waals surface area contributed by atoms with Crippen LogP contribution in [0.1, 0.15) is 15.9 Å². The normalized spacial score (nSPS) is 11.1. The SMILES string of the molecule is COC(=O)c1c(C[P+](c2ccccc2)(c2ccccc2)c2ccccc2)cccc1OC. The molecule has 0 saturated heterocycles. The predicted molar refractivity (Wildman–Crippen MR) is 133 cm³/mol. The summed E-state index contributed by atoms with van der Waals surface area (Å²) in [5, 5.41) is 3.78. The highest BCUT2D eigenvalue weighted by molar-refractivity contribution is 7.95. The lowest BCUT2D eigenvalue weighted by atomic mass is 10.1. The molecule has 4 aromatic rings. The van der Waals surface area contributed by atoms with Crippen molar-refractivity contribution in [2.24, 2.45) is 0 Å². The molecule has 0 fully saturated rings. The zero-order valence-corrected chi connectivity index (χ0v) is 19.2. The first kappa shape index (κ1) is 21.8. The lowest BCUT2D eigenvalue weighted by Gasteiger charge is -2.28. The van der Waals surface area contributed by atoms with Crippen LogP contribution in [-0.4, -0.2) is 20.2 Å². The van der Waals surface area contributed by atoms with Gasteiger partial charge >= 0.3 is 5.97 Å². The molecule has 0 heterocycles. The highest BCUT2D eigenvalue weighted by Gasteiger charge is 2.46. The number of rotatable bonds is 7. The molecule has 0 amide bonds. The molecule has 0 N–H and O–H groups in total. The number of hydrogen-bond donors (Lipinski definition) is 0. The predicted octanol–water partition coefficient (Wildman–Crippen LogP) is 4.98. The molecule has 160 valence electrons. The molecule has 0 aromatic heterocycles. The average molecular weight is 441 g/mol. The third-order valence-corrected chi connectivity index (χ3v) is 10.1. The second kappa shape index (κ2) is 9.80. The van der Waals surface area contributed by atoms with Gasteiger partial charge in [-0.05, 0) is 42.5 Å². The fourth-order valence-electron chi connectivity index (χ4n) is 4.24. The first-order chi connectivity index (χ1) is 15.7. The van der Waals surface area contributed by atoms with Gasteiger partial charge in [0.1, 0.15) is 34.5 Å². The zero-order valence-electron chi connectivity index (χ0n) is 18.3. The van der Waals surface area contributed by atoms with E-state index < -0.39 is 7.26 Å². The maximum atomic E-state index is 12.8. The van der Waals surface area contributed by atoms with Crippen LogP contribution in [0.4, 0.5) is 0 Å². The highest BCUT2D eigenvalue weighted by atomic mass is 31.2. The van der Waals surface area contributed by atoms with Crippen molar-refractivity contribution in [3.8, 4) is 5.75 Å². The van der Waals surface area contributed by atoms with Crippen LogP contribution in [0.2, 0.25) is 0 Å². The Morgan fingerprint density at radius 2 is 1.12 bits per heavy atom. The van der Waals surface area contributed by atoms with E-state index >= 15 is 0 Å². The number of benzene rings is 4. The fourth-order valence-corrected chi connectivity index (χ4v) is 8.50. The van der Waals surface area contributed by atoms with Crippen molar-refractivity contribution in [2.75, 3.05) is 14.2 Å². The first-order valence-electron chi connectivity index (χ1n) is 10.5. The number of carbonyl (C=O) groups is 1. The molecule has 0 bridgehead atoms. The monoisotopic (exact) mass is 441 g/mol. The van der Waals surface area contributed by atoms with Crippen molar-refractivity contribution in [1.29, 1.82) is 0 Å². The van der Waals surface area contributed by atoms with Gasteiger partial charge in [-0.15, -0.1) is 0 Å². The number of hydrogen-bond acceptors (Lipinski definition) is 3. The van der Waals surface area contributed by atoms with E-state index in [0.29, 0.717) is 17.5 Å². The zero-order chi connectivity index (χ0) is 22.4. The van der Waals surface area contributed by atoms with E-state index in [4.69, 9.17) is 9.47 Å². The Labute approximate surface area is 190 Å². The molecular formula is C28H26O3P+. The van der Waals surface area contributed by atoms with Gasteiger partial charge < -0.3 is 9.47 Å². The molecule has 4 heteroatoms. The summed E-state index contributed by atoms with van der Waals surface area (Å²) in [5.41, 5.74) is 1.41. The summed E-state index contributed by atoms with van der Waals surface area (Å²) in [5.74, 6) is 0.145. The van der Waals surface area contributed by atoms with Gasteiger partial charge in [-0.25, -0.2) is 4.79 Å². The molecule has 0 aliphatic heterocycles. The smallest absolute Gasteiger partial charge is 0.342 e. The van der Waals surface area contributed by atoms with Crippen LogP contribution in [0.5, 0.6) is 5.75 Å². The van der Waals surface area contributed by atoms with Crippen LogP contribution in [0.15, 0.2) is 109 Å². The van der Waals surface area contributed by atoms with E-state index in [0.717, 1.165) is 5.56 Å². The molecular weight excluding hydrogens is 415 g/mol. The fraction of sp³-hybridized carbons (Fsp3) is 0.107. The van der Waals surface area contributed by atoms with Crippen molar-refractivity contribution >= 4 is 29.1 Å². The molecule has 0 aliphatic carbocycles. The molecule has 3 nitrogen and oxygen atoms in total. The van der Waals surface area contributed by atoms with Gasteiger partial charge in [-0.3, -0.25) is 0 Å². The minimum absolute atomic E-state index is 0.385. The van der Waals surface area contributed by atoms with E-state index in [1.165, 1.54) is 23.0 Å². The summed E-state index contributed by atoms with van der Waals surface area (Å²) in [7, 11) is 0.846. The first-order valence-corrected chi connectivity index (χ1v) is 12.5. The average Bonchev–Trinajstić information content (AvgIpc) is 2.88. The van der Waals surface area contributed by atoms with Crippen LogP contribution < -0.4 is 20.7 Å². The van der Waals surface area contributed by atoms with E-state index in [1.54, 1.807) is 7.11 Å². The van der Waals surface area contributed by atoms with Gasteiger partial charge in [0.2, 0.25) is 0 Å². The minimum atomic E-state index is -2.15. The summed E-state index contributed by atoms with van der Waals surface area (Å²) in [6.07, 6.45) is 0.673. The van der Waals surface area contributed by atoms with Gasteiger partial charge in [0.05, 0.1) is 20.4 Å².